The predicted octanol–water partition coefficient (Wildman–Crippen LogP) is 3.95. The molecule has 25 heavy (non-hydrogen) atoms. The lowest BCUT2D eigenvalue weighted by Crippen LogP contribution is -2.07. The van der Waals surface area contributed by atoms with Crippen molar-refractivity contribution in [3.63, 3.8) is 0 Å². The Morgan fingerprint density at radius 2 is 1.64 bits per heavy atom. The van der Waals surface area contributed by atoms with Crippen LogP contribution >= 0.6 is 0 Å². The molecule has 0 radical (unpaired) electrons. The third-order valence-corrected chi connectivity index (χ3v) is 5.43. The number of aryl methyl sites for hydroxylation is 2. The Labute approximate surface area is 145 Å². The number of esters is 1. The highest BCUT2D eigenvalue weighted by atomic mass is 32.2. The second-order valence-electron chi connectivity index (χ2n) is 5.57. The molecule has 0 aliphatic carbocycles. The molecule has 0 bridgehead atoms. The second-order valence-corrected chi connectivity index (χ2v) is 7.45. The van der Waals surface area contributed by atoms with Gasteiger partial charge in [0.2, 0.25) is 20.7 Å². The lowest BCUT2D eigenvalue weighted by atomic mass is 10.1. The van der Waals surface area contributed by atoms with Gasteiger partial charge < -0.3 is 9.15 Å². The number of hydrogen-bond donors (Lipinski definition) is 0. The summed E-state index contributed by atoms with van der Waals surface area (Å²) in [6, 6.07) is 15.7. The summed E-state index contributed by atoms with van der Waals surface area (Å²) in [5.41, 5.74) is 2.06. The summed E-state index contributed by atoms with van der Waals surface area (Å²) in [6.07, 6.45) is 0. The van der Waals surface area contributed by atoms with Crippen molar-refractivity contribution in [2.24, 2.45) is 0 Å². The molecular formula is C19H16O5S. The maximum absolute atomic E-state index is 12.5. The lowest BCUT2D eigenvalue weighted by Gasteiger charge is -2.05. The molecule has 0 N–H and O–H groups in total. The highest BCUT2D eigenvalue weighted by molar-refractivity contribution is 7.91. The first kappa shape index (κ1) is 17.0. The Balaban J connectivity index is 1.83. The topological polar surface area (TPSA) is 73.6 Å². The van der Waals surface area contributed by atoms with Crippen LogP contribution in [0.5, 0.6) is 5.75 Å². The van der Waals surface area contributed by atoms with E-state index in [1.165, 1.54) is 24.3 Å². The molecule has 0 unspecified atom stereocenters. The molecule has 3 rings (SSSR count). The van der Waals surface area contributed by atoms with Crippen LogP contribution in [0.2, 0.25) is 0 Å². The smallest absolute Gasteiger partial charge is 0.379 e. The minimum absolute atomic E-state index is 0.0958. The summed E-state index contributed by atoms with van der Waals surface area (Å²) in [6.45, 7) is 3.86. The SMILES string of the molecule is Cc1ccc(OC(=O)c2ccc(S(=O)(=O)c3ccccc3)o2)cc1C. The number of ether oxygens (including phenoxy) is 1. The highest BCUT2D eigenvalue weighted by Crippen LogP contribution is 2.24. The van der Waals surface area contributed by atoms with Crippen LogP contribution in [-0.4, -0.2) is 14.4 Å². The van der Waals surface area contributed by atoms with Gasteiger partial charge in [-0.25, -0.2) is 13.2 Å². The molecular weight excluding hydrogens is 340 g/mol. The molecule has 1 aromatic heterocycles. The molecule has 0 aliphatic heterocycles. The van der Waals surface area contributed by atoms with Gasteiger partial charge in [0.25, 0.3) is 0 Å². The van der Waals surface area contributed by atoms with Crippen molar-refractivity contribution < 1.29 is 22.4 Å². The summed E-state index contributed by atoms with van der Waals surface area (Å²) in [5, 5.41) is -0.300. The average Bonchev–Trinajstić information content (AvgIpc) is 3.10. The number of rotatable bonds is 4. The van der Waals surface area contributed by atoms with Gasteiger partial charge in [-0.1, -0.05) is 24.3 Å². The van der Waals surface area contributed by atoms with Crippen LogP contribution in [0.15, 0.2) is 75.1 Å². The van der Waals surface area contributed by atoms with E-state index in [2.05, 4.69) is 0 Å². The van der Waals surface area contributed by atoms with Gasteiger partial charge in [-0.2, -0.15) is 0 Å². The molecule has 0 amide bonds. The quantitative estimate of drug-likeness (QED) is 0.523. The van der Waals surface area contributed by atoms with Crippen molar-refractivity contribution in [1.29, 1.82) is 0 Å². The number of hydrogen-bond acceptors (Lipinski definition) is 5. The zero-order valence-corrected chi connectivity index (χ0v) is 14.5. The van der Waals surface area contributed by atoms with Crippen LogP contribution < -0.4 is 4.74 Å². The van der Waals surface area contributed by atoms with E-state index in [-0.39, 0.29) is 15.7 Å². The standard InChI is InChI=1S/C19H16O5S/c1-13-8-9-15(12-14(13)2)23-19(20)17-10-11-18(24-17)25(21,22)16-6-4-3-5-7-16/h3-12H,1-2H3. The third kappa shape index (κ3) is 3.49. The zero-order valence-electron chi connectivity index (χ0n) is 13.7. The van der Waals surface area contributed by atoms with Gasteiger partial charge in [0.15, 0.2) is 0 Å². The van der Waals surface area contributed by atoms with Crippen molar-refractivity contribution >= 4 is 15.8 Å². The molecule has 0 saturated carbocycles. The summed E-state index contributed by atoms with van der Waals surface area (Å²) in [7, 11) is -3.81. The molecule has 0 saturated heterocycles. The Bertz CT molecular complexity index is 1020. The van der Waals surface area contributed by atoms with Crippen LogP contribution in [0, 0.1) is 13.8 Å². The fourth-order valence-corrected chi connectivity index (χ4v) is 3.42. The van der Waals surface area contributed by atoms with Crippen LogP contribution in [-0.2, 0) is 9.84 Å². The molecule has 6 heteroatoms. The van der Waals surface area contributed by atoms with E-state index in [1.54, 1.807) is 30.3 Å². The maximum atomic E-state index is 12.5. The van der Waals surface area contributed by atoms with Crippen molar-refractivity contribution in [1.82, 2.24) is 0 Å². The Hall–Kier alpha value is -2.86. The number of carbonyl (C=O) groups is 1. The second kappa shape index (κ2) is 6.57. The van der Waals surface area contributed by atoms with Gasteiger partial charge in [-0.05, 0) is 61.4 Å². The molecule has 1 heterocycles. The number of benzene rings is 2. The number of furan rings is 1. The highest BCUT2D eigenvalue weighted by Gasteiger charge is 2.24. The normalized spacial score (nSPS) is 11.3. The zero-order chi connectivity index (χ0) is 18.0. The first-order chi connectivity index (χ1) is 11.9. The lowest BCUT2D eigenvalue weighted by molar-refractivity contribution is 0.0695. The Morgan fingerprint density at radius 1 is 0.920 bits per heavy atom. The summed E-state index contributed by atoms with van der Waals surface area (Å²) in [4.78, 5) is 12.3. The van der Waals surface area contributed by atoms with Crippen molar-refractivity contribution in [2.75, 3.05) is 0 Å². The van der Waals surface area contributed by atoms with Crippen LogP contribution in [0.4, 0.5) is 0 Å². The van der Waals surface area contributed by atoms with Gasteiger partial charge in [-0.15, -0.1) is 0 Å². The van der Waals surface area contributed by atoms with E-state index in [1.807, 2.05) is 19.9 Å². The number of sulfone groups is 1. The Morgan fingerprint density at radius 3 is 2.32 bits per heavy atom. The summed E-state index contributed by atoms with van der Waals surface area (Å²) < 4.78 is 35.4. The van der Waals surface area contributed by atoms with Gasteiger partial charge in [0.1, 0.15) is 5.75 Å². The fourth-order valence-electron chi connectivity index (χ4n) is 2.22. The summed E-state index contributed by atoms with van der Waals surface area (Å²) in [5.74, 6) is -0.553. The molecule has 0 spiro atoms. The number of carbonyl (C=O) groups excluding carboxylic acids is 1. The van der Waals surface area contributed by atoms with E-state index in [0.717, 1.165) is 11.1 Å². The largest absolute Gasteiger partial charge is 0.437 e. The third-order valence-electron chi connectivity index (χ3n) is 3.79. The molecule has 0 aliphatic rings. The first-order valence-electron chi connectivity index (χ1n) is 7.57. The molecule has 5 nitrogen and oxygen atoms in total. The van der Waals surface area contributed by atoms with Crippen molar-refractivity contribution in [3.05, 3.63) is 77.6 Å². The van der Waals surface area contributed by atoms with E-state index >= 15 is 0 Å². The minimum atomic E-state index is -3.81. The average molecular weight is 356 g/mol. The van der Waals surface area contributed by atoms with E-state index < -0.39 is 15.8 Å². The maximum Gasteiger partial charge on any atom is 0.379 e. The Kier molecular flexibility index (Phi) is 4.46. The van der Waals surface area contributed by atoms with Crippen molar-refractivity contribution in [3.8, 4) is 5.75 Å². The molecule has 3 aromatic rings. The van der Waals surface area contributed by atoms with E-state index in [0.29, 0.717) is 5.75 Å². The van der Waals surface area contributed by atoms with Gasteiger partial charge in [0.05, 0.1) is 4.90 Å². The van der Waals surface area contributed by atoms with Crippen LogP contribution in [0.25, 0.3) is 0 Å². The van der Waals surface area contributed by atoms with Gasteiger partial charge >= 0.3 is 5.97 Å². The van der Waals surface area contributed by atoms with E-state index in [4.69, 9.17) is 9.15 Å². The van der Waals surface area contributed by atoms with Crippen LogP contribution in [0.1, 0.15) is 21.7 Å². The van der Waals surface area contributed by atoms with Gasteiger partial charge in [0, 0.05) is 0 Å². The summed E-state index contributed by atoms with van der Waals surface area (Å²) >= 11 is 0. The van der Waals surface area contributed by atoms with E-state index in [9.17, 15) is 13.2 Å². The van der Waals surface area contributed by atoms with Gasteiger partial charge in [-0.3, -0.25) is 0 Å². The minimum Gasteiger partial charge on any atom is -0.437 e. The van der Waals surface area contributed by atoms with Crippen molar-refractivity contribution in [2.45, 2.75) is 23.8 Å². The molecule has 2 aromatic carbocycles. The molecule has 0 fully saturated rings. The van der Waals surface area contributed by atoms with Crippen LogP contribution in [0.3, 0.4) is 0 Å². The first-order valence-corrected chi connectivity index (χ1v) is 9.05. The monoisotopic (exact) mass is 356 g/mol. The predicted molar refractivity (Wildman–Crippen MR) is 91.5 cm³/mol. The fraction of sp³-hybridized carbons (Fsp3) is 0.105. The molecule has 0 atom stereocenters. The molecule has 128 valence electrons.